The van der Waals surface area contributed by atoms with Gasteiger partial charge >= 0.3 is 5.97 Å². The molecular weight excluding hydrogens is 308 g/mol. The van der Waals surface area contributed by atoms with Crippen LogP contribution in [0.3, 0.4) is 0 Å². The highest BCUT2D eigenvalue weighted by Crippen LogP contribution is 2.43. The lowest BCUT2D eigenvalue weighted by Gasteiger charge is -2.35. The van der Waals surface area contributed by atoms with Crippen molar-refractivity contribution in [2.45, 2.75) is 18.4 Å². The Kier molecular flexibility index (Phi) is 4.10. The number of carbonyl (C=O) groups excluding carboxylic acids is 1. The van der Waals surface area contributed by atoms with Gasteiger partial charge in [-0.25, -0.2) is 0 Å². The second-order valence-corrected chi connectivity index (χ2v) is 6.47. The smallest absolute Gasteiger partial charge is 0.310 e. The second-order valence-electron chi connectivity index (χ2n) is 6.47. The normalized spacial score (nSPS) is 14.1. The molecule has 0 aromatic heterocycles. The molecule has 4 rings (SSSR count). The minimum atomic E-state index is -0.927. The molecule has 1 saturated carbocycles. The third kappa shape index (κ3) is 2.96. The molecule has 25 heavy (non-hydrogen) atoms. The number of benzene rings is 3. The fourth-order valence-corrected chi connectivity index (χ4v) is 3.25. The van der Waals surface area contributed by atoms with Crippen LogP contribution in [0, 0.1) is 5.92 Å². The standard InChI is InChI=1S/C23H20O2/c24-22(18-16-17-18)25-23(19-10-4-1-5-11-19,20-12-6-2-7-13-20)21-14-8-3-9-15-21/h1-15,18H,16-17H2. The summed E-state index contributed by atoms with van der Waals surface area (Å²) in [6, 6.07) is 30.0. The van der Waals surface area contributed by atoms with Crippen LogP contribution in [0.4, 0.5) is 0 Å². The van der Waals surface area contributed by atoms with E-state index in [1.165, 1.54) is 0 Å². The molecule has 1 aliphatic carbocycles. The van der Waals surface area contributed by atoms with Crippen LogP contribution < -0.4 is 0 Å². The van der Waals surface area contributed by atoms with E-state index in [4.69, 9.17) is 4.74 Å². The summed E-state index contributed by atoms with van der Waals surface area (Å²) in [7, 11) is 0. The van der Waals surface area contributed by atoms with E-state index in [9.17, 15) is 4.79 Å². The Balaban J connectivity index is 1.95. The maximum Gasteiger partial charge on any atom is 0.310 e. The predicted molar refractivity (Wildman–Crippen MR) is 98.0 cm³/mol. The molecule has 0 heterocycles. The zero-order valence-corrected chi connectivity index (χ0v) is 14.0. The van der Waals surface area contributed by atoms with Gasteiger partial charge < -0.3 is 4.74 Å². The van der Waals surface area contributed by atoms with Crippen LogP contribution in [0.15, 0.2) is 91.0 Å². The summed E-state index contributed by atoms with van der Waals surface area (Å²) in [4.78, 5) is 12.7. The van der Waals surface area contributed by atoms with Gasteiger partial charge in [0, 0.05) is 16.7 Å². The van der Waals surface area contributed by atoms with E-state index in [-0.39, 0.29) is 11.9 Å². The van der Waals surface area contributed by atoms with E-state index in [2.05, 4.69) is 0 Å². The number of rotatable bonds is 5. The van der Waals surface area contributed by atoms with Crippen LogP contribution in [0.25, 0.3) is 0 Å². The van der Waals surface area contributed by atoms with E-state index in [0.29, 0.717) is 0 Å². The molecule has 1 aliphatic rings. The van der Waals surface area contributed by atoms with E-state index in [1.54, 1.807) is 0 Å². The van der Waals surface area contributed by atoms with Crippen molar-refractivity contribution in [3.05, 3.63) is 108 Å². The maximum absolute atomic E-state index is 12.7. The van der Waals surface area contributed by atoms with Crippen molar-refractivity contribution >= 4 is 5.97 Å². The Bertz CT molecular complexity index is 740. The van der Waals surface area contributed by atoms with Gasteiger partial charge in [-0.15, -0.1) is 0 Å². The molecule has 124 valence electrons. The molecule has 0 amide bonds. The summed E-state index contributed by atoms with van der Waals surface area (Å²) in [6.45, 7) is 0. The molecule has 0 aliphatic heterocycles. The minimum Gasteiger partial charge on any atom is -0.444 e. The van der Waals surface area contributed by atoms with Crippen molar-refractivity contribution in [3.8, 4) is 0 Å². The summed E-state index contributed by atoms with van der Waals surface area (Å²) in [5.41, 5.74) is 1.95. The lowest BCUT2D eigenvalue weighted by molar-refractivity contribution is -0.155. The molecule has 2 nitrogen and oxygen atoms in total. The van der Waals surface area contributed by atoms with E-state index in [0.717, 1.165) is 29.5 Å². The summed E-state index contributed by atoms with van der Waals surface area (Å²) >= 11 is 0. The second kappa shape index (κ2) is 6.56. The largest absolute Gasteiger partial charge is 0.444 e. The van der Waals surface area contributed by atoms with Crippen LogP contribution in [0.5, 0.6) is 0 Å². The molecule has 0 saturated heterocycles. The highest BCUT2D eigenvalue weighted by Gasteiger charge is 2.43. The first kappa shape index (κ1) is 15.6. The van der Waals surface area contributed by atoms with Gasteiger partial charge in [0.1, 0.15) is 0 Å². The Hall–Kier alpha value is -2.87. The molecule has 3 aromatic rings. The topological polar surface area (TPSA) is 26.3 Å². The van der Waals surface area contributed by atoms with Gasteiger partial charge in [0.25, 0.3) is 0 Å². The fraction of sp³-hybridized carbons (Fsp3) is 0.174. The van der Waals surface area contributed by atoms with Crippen molar-refractivity contribution in [2.24, 2.45) is 5.92 Å². The van der Waals surface area contributed by atoms with E-state index in [1.807, 2.05) is 91.0 Å². The van der Waals surface area contributed by atoms with E-state index >= 15 is 0 Å². The summed E-state index contributed by atoms with van der Waals surface area (Å²) in [5.74, 6) is -0.0768. The number of ether oxygens (including phenoxy) is 1. The lowest BCUT2D eigenvalue weighted by Crippen LogP contribution is -2.35. The number of hydrogen-bond donors (Lipinski definition) is 0. The Labute approximate surface area is 148 Å². The van der Waals surface area contributed by atoms with Crippen LogP contribution in [-0.4, -0.2) is 5.97 Å². The highest BCUT2D eigenvalue weighted by atomic mass is 16.6. The van der Waals surface area contributed by atoms with E-state index < -0.39 is 5.60 Å². The Morgan fingerprint density at radius 3 is 1.36 bits per heavy atom. The van der Waals surface area contributed by atoms with Gasteiger partial charge in [-0.2, -0.15) is 0 Å². The van der Waals surface area contributed by atoms with Gasteiger partial charge in [-0.1, -0.05) is 91.0 Å². The zero-order chi connectivity index (χ0) is 17.1. The molecule has 0 radical (unpaired) electrons. The SMILES string of the molecule is O=C(OC(c1ccccc1)(c1ccccc1)c1ccccc1)C1CC1. The molecule has 2 heteroatoms. The van der Waals surface area contributed by atoms with Crippen LogP contribution >= 0.6 is 0 Å². The molecule has 0 unspecified atom stereocenters. The fourth-order valence-electron chi connectivity index (χ4n) is 3.25. The van der Waals surface area contributed by atoms with Crippen LogP contribution in [-0.2, 0) is 15.1 Å². The highest BCUT2D eigenvalue weighted by molar-refractivity contribution is 5.76. The van der Waals surface area contributed by atoms with Crippen LogP contribution in [0.1, 0.15) is 29.5 Å². The van der Waals surface area contributed by atoms with Gasteiger partial charge in [0.2, 0.25) is 0 Å². The average Bonchev–Trinajstić information content (AvgIpc) is 3.53. The number of carbonyl (C=O) groups is 1. The van der Waals surface area contributed by atoms with Crippen LogP contribution in [0.2, 0.25) is 0 Å². The minimum absolute atomic E-state index is 0.0375. The van der Waals surface area contributed by atoms with Gasteiger partial charge in [0.15, 0.2) is 5.60 Å². The first-order chi connectivity index (χ1) is 12.3. The Morgan fingerprint density at radius 2 is 1.04 bits per heavy atom. The Morgan fingerprint density at radius 1 is 0.680 bits per heavy atom. The first-order valence-electron chi connectivity index (χ1n) is 8.70. The van der Waals surface area contributed by atoms with Crippen molar-refractivity contribution in [1.29, 1.82) is 0 Å². The van der Waals surface area contributed by atoms with Crippen molar-refractivity contribution < 1.29 is 9.53 Å². The molecule has 3 aromatic carbocycles. The lowest BCUT2D eigenvalue weighted by atomic mass is 9.80. The molecule has 0 N–H and O–H groups in total. The quantitative estimate of drug-likeness (QED) is 0.490. The molecule has 0 bridgehead atoms. The molecule has 1 fully saturated rings. The average molecular weight is 328 g/mol. The zero-order valence-electron chi connectivity index (χ0n) is 14.0. The maximum atomic E-state index is 12.7. The van der Waals surface area contributed by atoms with Crippen molar-refractivity contribution in [1.82, 2.24) is 0 Å². The molecule has 0 atom stereocenters. The number of hydrogen-bond acceptors (Lipinski definition) is 2. The summed E-state index contributed by atoms with van der Waals surface area (Å²) in [5, 5.41) is 0. The third-order valence-corrected chi connectivity index (χ3v) is 4.71. The predicted octanol–water partition coefficient (Wildman–Crippen LogP) is 4.93. The first-order valence-corrected chi connectivity index (χ1v) is 8.70. The monoisotopic (exact) mass is 328 g/mol. The molecular formula is C23H20O2. The number of esters is 1. The third-order valence-electron chi connectivity index (χ3n) is 4.71. The van der Waals surface area contributed by atoms with Crippen molar-refractivity contribution in [3.63, 3.8) is 0 Å². The van der Waals surface area contributed by atoms with Gasteiger partial charge in [-0.05, 0) is 12.8 Å². The summed E-state index contributed by atoms with van der Waals surface area (Å²) in [6.07, 6.45) is 1.85. The molecule has 0 spiro atoms. The van der Waals surface area contributed by atoms with Gasteiger partial charge in [-0.3, -0.25) is 4.79 Å². The van der Waals surface area contributed by atoms with Gasteiger partial charge in [0.05, 0.1) is 5.92 Å². The summed E-state index contributed by atoms with van der Waals surface area (Å²) < 4.78 is 6.28. The van der Waals surface area contributed by atoms with Crippen molar-refractivity contribution in [2.75, 3.05) is 0 Å².